The van der Waals surface area contributed by atoms with E-state index in [1.165, 1.54) is 24.8 Å². The smallest absolute Gasteiger partial charge is 0.0716 e. The van der Waals surface area contributed by atoms with Gasteiger partial charge in [-0.25, -0.2) is 0 Å². The van der Waals surface area contributed by atoms with Crippen LogP contribution in [0.1, 0.15) is 63.5 Å². The van der Waals surface area contributed by atoms with Gasteiger partial charge in [0.2, 0.25) is 0 Å². The van der Waals surface area contributed by atoms with Crippen LogP contribution < -0.4 is 5.32 Å². The molecule has 3 heteroatoms. The summed E-state index contributed by atoms with van der Waals surface area (Å²) in [4.78, 5) is -0.137. The highest BCUT2D eigenvalue weighted by Crippen LogP contribution is 2.64. The standard InChI is InChI=1S/C21H30ClNO/c1-2-3-9-23-19(16-7-5-4-6-8-16)18-17-10-15-11-20(22,13-17)14-21(18,24)12-15/h4-8,15,17-19,23-24H,2-3,9-14H2,1H3/t15-,17+,18-,19?,20+,21+/m1/s1. The van der Waals surface area contributed by atoms with Gasteiger partial charge in [0.05, 0.1) is 5.60 Å². The lowest BCUT2D eigenvalue weighted by Crippen LogP contribution is -2.64. The summed E-state index contributed by atoms with van der Waals surface area (Å²) in [6, 6.07) is 11.0. The first-order chi connectivity index (χ1) is 11.5. The molecule has 4 aliphatic carbocycles. The number of unbranched alkanes of at least 4 members (excludes halogenated alkanes) is 1. The molecule has 4 fully saturated rings. The maximum atomic E-state index is 11.6. The Balaban J connectivity index is 1.65. The molecule has 0 aliphatic heterocycles. The number of alkyl halides is 1. The van der Waals surface area contributed by atoms with Crippen molar-refractivity contribution >= 4 is 11.6 Å². The van der Waals surface area contributed by atoms with E-state index in [0.29, 0.717) is 17.8 Å². The van der Waals surface area contributed by atoms with Crippen LogP contribution in [0.25, 0.3) is 0 Å². The van der Waals surface area contributed by atoms with Gasteiger partial charge >= 0.3 is 0 Å². The lowest BCUT2D eigenvalue weighted by atomic mass is 9.47. The van der Waals surface area contributed by atoms with E-state index in [9.17, 15) is 5.11 Å². The van der Waals surface area contributed by atoms with Gasteiger partial charge < -0.3 is 10.4 Å². The van der Waals surface area contributed by atoms with Crippen molar-refractivity contribution in [2.75, 3.05) is 6.54 Å². The molecule has 4 bridgehead atoms. The minimum absolute atomic E-state index is 0.137. The van der Waals surface area contributed by atoms with Gasteiger partial charge in [-0.15, -0.1) is 11.6 Å². The normalized spacial score (nSPS) is 41.5. The minimum atomic E-state index is -0.592. The Kier molecular flexibility index (Phi) is 4.43. The van der Waals surface area contributed by atoms with Crippen LogP contribution in [-0.2, 0) is 0 Å². The zero-order chi connectivity index (χ0) is 16.8. The van der Waals surface area contributed by atoms with Crippen molar-refractivity contribution in [2.45, 2.75) is 68.4 Å². The highest BCUT2D eigenvalue weighted by Gasteiger charge is 2.63. The molecule has 0 aromatic heterocycles. The van der Waals surface area contributed by atoms with Gasteiger partial charge in [0.15, 0.2) is 0 Å². The summed E-state index contributed by atoms with van der Waals surface area (Å²) in [6.07, 6.45) is 7.54. The van der Waals surface area contributed by atoms with Gasteiger partial charge in [0.1, 0.15) is 0 Å². The Labute approximate surface area is 151 Å². The Morgan fingerprint density at radius 3 is 2.71 bits per heavy atom. The van der Waals surface area contributed by atoms with E-state index in [-0.39, 0.29) is 10.9 Å². The third-order valence-electron chi connectivity index (χ3n) is 6.72. The third kappa shape index (κ3) is 2.91. The number of nitrogens with one attached hydrogen (secondary N) is 1. The molecule has 6 atom stereocenters. The fraction of sp³-hybridized carbons (Fsp3) is 0.714. The van der Waals surface area contributed by atoms with Crippen molar-refractivity contribution < 1.29 is 5.11 Å². The summed E-state index contributed by atoms with van der Waals surface area (Å²) >= 11 is 6.88. The Morgan fingerprint density at radius 2 is 2.04 bits per heavy atom. The van der Waals surface area contributed by atoms with Crippen LogP contribution in [0.2, 0.25) is 0 Å². The molecule has 2 N–H and O–H groups in total. The molecule has 4 aliphatic rings. The molecule has 0 amide bonds. The molecule has 5 rings (SSSR count). The Hall–Kier alpha value is -0.570. The topological polar surface area (TPSA) is 32.3 Å². The maximum absolute atomic E-state index is 11.6. The second-order valence-corrected chi connectivity index (χ2v) is 9.43. The number of aliphatic hydroxyl groups is 1. The van der Waals surface area contributed by atoms with E-state index in [1.807, 2.05) is 0 Å². The molecule has 1 aromatic rings. The van der Waals surface area contributed by atoms with Gasteiger partial charge in [-0.05, 0) is 62.5 Å². The maximum Gasteiger partial charge on any atom is 0.0716 e. The van der Waals surface area contributed by atoms with Crippen molar-refractivity contribution in [3.05, 3.63) is 35.9 Å². The van der Waals surface area contributed by atoms with E-state index in [1.54, 1.807) is 0 Å². The Bertz CT molecular complexity index is 578. The first kappa shape index (κ1) is 16.9. The van der Waals surface area contributed by atoms with Gasteiger partial charge in [-0.2, -0.15) is 0 Å². The van der Waals surface area contributed by atoms with Crippen molar-refractivity contribution in [2.24, 2.45) is 17.8 Å². The van der Waals surface area contributed by atoms with Crippen LogP contribution in [0.15, 0.2) is 30.3 Å². The molecular weight excluding hydrogens is 318 g/mol. The summed E-state index contributed by atoms with van der Waals surface area (Å²) in [5.74, 6) is 1.47. The Morgan fingerprint density at radius 1 is 1.25 bits per heavy atom. The summed E-state index contributed by atoms with van der Waals surface area (Å²) in [6.45, 7) is 3.25. The van der Waals surface area contributed by atoms with Crippen LogP contribution in [-0.4, -0.2) is 22.1 Å². The predicted octanol–water partition coefficient (Wildman–Crippen LogP) is 4.67. The van der Waals surface area contributed by atoms with Crippen molar-refractivity contribution in [3.8, 4) is 0 Å². The molecule has 0 spiro atoms. The van der Waals surface area contributed by atoms with Crippen LogP contribution in [0, 0.1) is 17.8 Å². The van der Waals surface area contributed by atoms with Gasteiger partial charge in [-0.1, -0.05) is 43.7 Å². The highest BCUT2D eigenvalue weighted by molar-refractivity contribution is 6.24. The number of hydrogen-bond donors (Lipinski definition) is 2. The molecule has 0 heterocycles. The van der Waals surface area contributed by atoms with E-state index in [4.69, 9.17) is 11.6 Å². The second-order valence-electron chi connectivity index (χ2n) is 8.63. The zero-order valence-corrected chi connectivity index (χ0v) is 15.4. The largest absolute Gasteiger partial charge is 0.389 e. The highest BCUT2D eigenvalue weighted by atomic mass is 35.5. The number of halogens is 1. The van der Waals surface area contributed by atoms with E-state index < -0.39 is 5.60 Å². The number of rotatable bonds is 6. The molecule has 24 heavy (non-hydrogen) atoms. The van der Waals surface area contributed by atoms with Crippen molar-refractivity contribution in [1.29, 1.82) is 0 Å². The first-order valence-electron chi connectivity index (χ1n) is 9.73. The predicted molar refractivity (Wildman–Crippen MR) is 99.2 cm³/mol. The fourth-order valence-corrected chi connectivity index (χ4v) is 6.83. The molecule has 1 aromatic carbocycles. The molecule has 1 unspecified atom stereocenters. The monoisotopic (exact) mass is 347 g/mol. The molecule has 0 radical (unpaired) electrons. The SMILES string of the molecule is CCCCNC(c1ccccc1)[C@H]1[C@H]2C[C@@H]3C[C@](Cl)(C2)C[C@@]1(O)C3. The summed E-state index contributed by atoms with van der Waals surface area (Å²) in [7, 11) is 0. The molecule has 2 nitrogen and oxygen atoms in total. The molecule has 132 valence electrons. The van der Waals surface area contributed by atoms with Crippen LogP contribution in [0.5, 0.6) is 0 Å². The molecular formula is C21H30ClNO. The zero-order valence-electron chi connectivity index (χ0n) is 14.7. The second kappa shape index (κ2) is 6.30. The van der Waals surface area contributed by atoms with Crippen LogP contribution >= 0.6 is 11.6 Å². The van der Waals surface area contributed by atoms with Gasteiger partial charge in [0, 0.05) is 16.8 Å². The minimum Gasteiger partial charge on any atom is -0.389 e. The first-order valence-corrected chi connectivity index (χ1v) is 10.1. The number of hydrogen-bond acceptors (Lipinski definition) is 2. The van der Waals surface area contributed by atoms with Crippen LogP contribution in [0.3, 0.4) is 0 Å². The van der Waals surface area contributed by atoms with Crippen LogP contribution in [0.4, 0.5) is 0 Å². The molecule has 0 saturated heterocycles. The quantitative estimate of drug-likeness (QED) is 0.579. The third-order valence-corrected chi connectivity index (χ3v) is 7.17. The average molecular weight is 348 g/mol. The van der Waals surface area contributed by atoms with Crippen molar-refractivity contribution in [3.63, 3.8) is 0 Å². The lowest BCUT2D eigenvalue weighted by molar-refractivity contribution is -0.174. The van der Waals surface area contributed by atoms with Crippen molar-refractivity contribution in [1.82, 2.24) is 5.32 Å². The molecule has 4 saturated carbocycles. The fourth-order valence-electron chi connectivity index (χ4n) is 6.18. The van der Waals surface area contributed by atoms with E-state index in [0.717, 1.165) is 32.2 Å². The summed E-state index contributed by atoms with van der Waals surface area (Å²) in [5.41, 5.74) is 0.731. The van der Waals surface area contributed by atoms with Gasteiger partial charge in [0.25, 0.3) is 0 Å². The average Bonchev–Trinajstić information content (AvgIpc) is 2.51. The van der Waals surface area contributed by atoms with Gasteiger partial charge in [-0.3, -0.25) is 0 Å². The summed E-state index contributed by atoms with van der Waals surface area (Å²) in [5, 5.41) is 15.4. The lowest BCUT2D eigenvalue weighted by Gasteiger charge is -2.63. The van der Waals surface area contributed by atoms with E-state index in [2.05, 4.69) is 42.6 Å². The summed E-state index contributed by atoms with van der Waals surface area (Å²) < 4.78 is 0. The van der Waals surface area contributed by atoms with E-state index >= 15 is 0 Å². The number of benzene rings is 1.